The van der Waals surface area contributed by atoms with Crippen molar-refractivity contribution in [3.63, 3.8) is 0 Å². The van der Waals surface area contributed by atoms with E-state index >= 15 is 0 Å². The quantitative estimate of drug-likeness (QED) is 0.0837. The van der Waals surface area contributed by atoms with Gasteiger partial charge in [0.1, 0.15) is 0 Å². The maximum atomic E-state index is 11.9. The van der Waals surface area contributed by atoms with Gasteiger partial charge in [0, 0.05) is 0 Å². The molecule has 2 unspecified atom stereocenters. The van der Waals surface area contributed by atoms with Gasteiger partial charge in [-0.2, -0.15) is 0 Å². The first kappa shape index (κ1) is 40.2. The molecule has 5 nitrogen and oxygen atoms in total. The Bertz CT molecular complexity index is 477. The number of phosphoric acid groups is 1. The van der Waals surface area contributed by atoms with Crippen LogP contribution in [0, 0.1) is 11.8 Å². The third-order valence-electron chi connectivity index (χ3n) is 7.98. The molecule has 0 aliphatic rings. The van der Waals surface area contributed by atoms with Crippen LogP contribution < -0.4 is 0 Å². The van der Waals surface area contributed by atoms with Gasteiger partial charge in [-0.25, -0.2) is 4.57 Å². The zero-order valence-electron chi connectivity index (χ0n) is 28.3. The minimum Gasteiger partial charge on any atom is -0.324 e. The average molecular weight is 566 g/mol. The van der Waals surface area contributed by atoms with Gasteiger partial charge < -0.3 is 9.38 Å². The highest BCUT2D eigenvalue weighted by molar-refractivity contribution is 7.47. The van der Waals surface area contributed by atoms with Crippen LogP contribution in [0.4, 0.5) is 0 Å². The zero-order chi connectivity index (χ0) is 29.1. The van der Waals surface area contributed by atoms with Gasteiger partial charge in [0.15, 0.2) is 0 Å². The Hall–Kier alpha value is 0.0700. The highest BCUT2D eigenvalue weighted by Crippen LogP contribution is 2.44. The molecule has 0 heterocycles. The summed E-state index contributed by atoms with van der Waals surface area (Å²) in [4.78, 5) is 9.77. The van der Waals surface area contributed by atoms with Gasteiger partial charge in [-0.3, -0.25) is 9.05 Å². The van der Waals surface area contributed by atoms with E-state index in [1.807, 2.05) is 0 Å². The predicted molar refractivity (Wildman–Crippen MR) is 169 cm³/mol. The zero-order valence-corrected chi connectivity index (χ0v) is 28.2. The molecule has 2 atom stereocenters. The number of hydrogen-bond donors (Lipinski definition) is 1. The lowest BCUT2D eigenvalue weighted by molar-refractivity contribution is -0.929. The van der Waals surface area contributed by atoms with E-state index in [1.54, 1.807) is 0 Å². The van der Waals surface area contributed by atoms with Gasteiger partial charge in [0.25, 0.3) is 0 Å². The lowest BCUT2D eigenvalue weighted by Crippen LogP contribution is -2.50. The predicted octanol–water partition coefficient (Wildman–Crippen LogP) is 10.7. The van der Waals surface area contributed by atoms with Crippen molar-refractivity contribution in [2.75, 3.05) is 39.4 Å². The molecule has 0 saturated heterocycles. The van der Waals surface area contributed by atoms with Gasteiger partial charge in [0.2, 0.25) is 0 Å². The molecule has 0 aromatic heterocycles. The first-order valence-electron chi connectivity index (χ1n) is 16.7. The molecule has 0 aliphatic carbocycles. The molecule has 38 heavy (non-hydrogen) atoms. The summed E-state index contributed by atoms with van der Waals surface area (Å²) in [5.41, 5.74) is 0. The summed E-state index contributed by atoms with van der Waals surface area (Å²) in [6.45, 7) is 24.1. The molecule has 0 fully saturated rings. The molecule has 0 saturated carbocycles. The van der Waals surface area contributed by atoms with E-state index < -0.39 is 7.82 Å². The van der Waals surface area contributed by atoms with Crippen LogP contribution in [0.2, 0.25) is 0 Å². The smallest absolute Gasteiger partial charge is 0.324 e. The van der Waals surface area contributed by atoms with Crippen LogP contribution in [0.1, 0.15) is 160 Å². The second kappa shape index (κ2) is 27.3. The molecule has 1 N–H and O–H groups in total. The molecule has 0 spiro atoms. The summed E-state index contributed by atoms with van der Waals surface area (Å²) in [5.74, 6) is 0.687. The molecule has 6 heteroatoms. The Morgan fingerprint density at radius 2 is 0.868 bits per heavy atom. The minimum atomic E-state index is -3.89. The van der Waals surface area contributed by atoms with Gasteiger partial charge >= 0.3 is 9.25 Å². The summed E-state index contributed by atoms with van der Waals surface area (Å²) >= 11 is 0. The Kier molecular flexibility index (Phi) is 28.8. The van der Waals surface area contributed by atoms with E-state index in [2.05, 4.69) is 55.4 Å². The third-order valence-corrected chi connectivity index (χ3v) is 8.93. The van der Waals surface area contributed by atoms with E-state index in [9.17, 15) is 9.46 Å². The highest BCUT2D eigenvalue weighted by Gasteiger charge is 2.25. The molecule has 0 rings (SSSR count). The van der Waals surface area contributed by atoms with Crippen molar-refractivity contribution in [2.24, 2.45) is 11.8 Å². The maximum Gasteiger partial charge on any atom is 1.00 e. The molecule has 0 radical (unpaired) electrons. The molecule has 0 aliphatic heterocycles. The SMILES string of the molecule is CCCCC(CC)COP(=O)(O)OCC(CC)CCCC.CCCC[N+](CCCC)(CCCC)CCCC.[H+]. The van der Waals surface area contributed by atoms with Crippen molar-refractivity contribution in [1.29, 1.82) is 0 Å². The maximum absolute atomic E-state index is 11.9. The van der Waals surface area contributed by atoms with Gasteiger partial charge in [-0.1, -0.05) is 120 Å². The van der Waals surface area contributed by atoms with Crippen molar-refractivity contribution >= 4 is 7.82 Å². The van der Waals surface area contributed by atoms with Crippen LogP contribution in [0.15, 0.2) is 0 Å². The lowest BCUT2D eigenvalue weighted by Gasteiger charge is -2.39. The van der Waals surface area contributed by atoms with Crippen LogP contribution in [-0.2, 0) is 13.6 Å². The summed E-state index contributed by atoms with van der Waals surface area (Å²) < 4.78 is 23.7. The first-order valence-corrected chi connectivity index (χ1v) is 18.2. The Morgan fingerprint density at radius 1 is 0.579 bits per heavy atom. The first-order chi connectivity index (χ1) is 18.2. The number of rotatable bonds is 26. The molecule has 232 valence electrons. The van der Waals surface area contributed by atoms with Crippen molar-refractivity contribution in [3.8, 4) is 0 Å². The third kappa shape index (κ3) is 22.8. The Morgan fingerprint density at radius 3 is 1.11 bits per heavy atom. The summed E-state index contributed by atoms with van der Waals surface area (Å²) in [6, 6.07) is 0. The van der Waals surface area contributed by atoms with Crippen LogP contribution in [0.3, 0.4) is 0 Å². The number of phosphoric ester groups is 1. The van der Waals surface area contributed by atoms with E-state index in [0.29, 0.717) is 25.0 Å². The molecular formula is C32H72NO4P+2. The Balaban J connectivity index is -0.000000662. The normalized spacial score (nSPS) is 15.0. The fourth-order valence-corrected chi connectivity index (χ4v) is 5.75. The Labute approximate surface area is 241 Å². The fraction of sp³-hybridized carbons (Fsp3) is 1.00. The second-order valence-corrected chi connectivity index (χ2v) is 13.0. The van der Waals surface area contributed by atoms with Gasteiger partial charge in [-0.15, -0.1) is 0 Å². The number of unbranched alkanes of at least 4 members (excludes halogenated alkanes) is 6. The topological polar surface area (TPSA) is 55.8 Å². The lowest BCUT2D eigenvalue weighted by atomic mass is 10.0. The van der Waals surface area contributed by atoms with E-state index in [0.717, 1.165) is 51.4 Å². The van der Waals surface area contributed by atoms with Crippen LogP contribution >= 0.6 is 7.82 Å². The highest BCUT2D eigenvalue weighted by atomic mass is 31.2. The number of hydrogen-bond acceptors (Lipinski definition) is 3. The molecule has 0 aromatic rings. The standard InChI is InChI=1S/C16H36N.C16H35O4P/c1-5-9-13-17(14-10-6-2,15-11-7-3)16-12-8-4;1-5-9-11-15(7-3)13-19-21(17,18)20-14-16(8-4)12-10-6-2/h5-16H2,1-4H3;15-16H,5-14H2,1-4H3,(H,17,18)/q+1;/p+1. The molecule has 0 amide bonds. The monoisotopic (exact) mass is 566 g/mol. The van der Waals surface area contributed by atoms with Crippen LogP contribution in [0.25, 0.3) is 0 Å². The van der Waals surface area contributed by atoms with Crippen LogP contribution in [0.5, 0.6) is 0 Å². The molecule has 0 aromatic carbocycles. The van der Waals surface area contributed by atoms with Crippen LogP contribution in [-0.4, -0.2) is 48.8 Å². The fourth-order valence-electron chi connectivity index (χ4n) is 4.88. The molecule has 0 bridgehead atoms. The summed E-state index contributed by atoms with van der Waals surface area (Å²) in [5, 5.41) is 0. The average Bonchev–Trinajstić information content (AvgIpc) is 2.93. The molecular weight excluding hydrogens is 493 g/mol. The van der Waals surface area contributed by atoms with Gasteiger partial charge in [0.05, 0.1) is 39.4 Å². The summed E-state index contributed by atoms with van der Waals surface area (Å²) in [7, 11) is -3.89. The van der Waals surface area contributed by atoms with Gasteiger partial charge in [-0.05, 0) is 50.4 Å². The van der Waals surface area contributed by atoms with E-state index in [1.165, 1.54) is 82.0 Å². The van der Waals surface area contributed by atoms with Crippen molar-refractivity contribution < 1.29 is 24.4 Å². The largest absolute Gasteiger partial charge is 1.00 e. The van der Waals surface area contributed by atoms with E-state index in [-0.39, 0.29) is 1.43 Å². The second-order valence-electron chi connectivity index (χ2n) is 11.5. The summed E-state index contributed by atoms with van der Waals surface area (Å²) in [6.07, 6.45) is 19.6. The number of quaternary nitrogens is 1. The van der Waals surface area contributed by atoms with Crippen molar-refractivity contribution in [1.82, 2.24) is 0 Å². The minimum absolute atomic E-state index is 0. The van der Waals surface area contributed by atoms with Crippen molar-refractivity contribution in [2.45, 2.75) is 158 Å². The number of nitrogens with zero attached hydrogens (tertiary/aromatic N) is 1. The van der Waals surface area contributed by atoms with E-state index in [4.69, 9.17) is 9.05 Å². The van der Waals surface area contributed by atoms with Crippen molar-refractivity contribution in [3.05, 3.63) is 0 Å².